The molecule has 0 saturated heterocycles. The van der Waals surface area contributed by atoms with Crippen molar-refractivity contribution in [2.45, 2.75) is 53.6 Å². The summed E-state index contributed by atoms with van der Waals surface area (Å²) in [6.45, 7) is 8.31. The maximum absolute atomic E-state index is 13.7. The summed E-state index contributed by atoms with van der Waals surface area (Å²) in [4.78, 5) is 52.0. The van der Waals surface area contributed by atoms with Gasteiger partial charge in [0, 0.05) is 12.5 Å². The van der Waals surface area contributed by atoms with Crippen LogP contribution in [0.25, 0.3) is 0 Å². The number of aliphatic hydroxyl groups excluding tert-OH is 1. The van der Waals surface area contributed by atoms with Crippen LogP contribution in [0.3, 0.4) is 0 Å². The lowest BCUT2D eigenvalue weighted by Gasteiger charge is -2.48. The molecule has 0 amide bonds. The van der Waals surface area contributed by atoms with Crippen molar-refractivity contribution in [2.24, 2.45) is 22.2 Å². The second kappa shape index (κ2) is 5.31. The molecule has 4 aliphatic rings. The van der Waals surface area contributed by atoms with Gasteiger partial charge < -0.3 is 9.84 Å². The number of ketones is 3. The molecular weight excluding hydrogens is 360 g/mol. The molecule has 4 atom stereocenters. The minimum absolute atomic E-state index is 0.142. The smallest absolute Gasteiger partial charge is 0.303 e. The lowest BCUT2D eigenvalue weighted by atomic mass is 9.53. The minimum atomic E-state index is -1.52. The molecule has 0 heterocycles. The molecule has 4 rings (SSSR count). The molecule has 0 aromatic carbocycles. The molecule has 28 heavy (non-hydrogen) atoms. The minimum Gasteiger partial charge on any atom is -0.504 e. The number of rotatable bonds is 1. The standard InChI is InChI=1S/C22H24O6/c1-10-9-22(10)17(26)14-16(25)15(24)13-12(7-6-8-20(13,3)4)21(14,5)18(27)19(22)28-11(2)23/h6-7,10,19,25H,8-9H2,1-5H3/t10?,19-,21-,22+/m0/s1. The number of carbonyl (C=O) groups excluding carboxylic acids is 4. The van der Waals surface area contributed by atoms with Gasteiger partial charge in [-0.2, -0.15) is 0 Å². The van der Waals surface area contributed by atoms with Crippen molar-refractivity contribution in [1.82, 2.24) is 0 Å². The van der Waals surface area contributed by atoms with Crippen LogP contribution in [-0.4, -0.2) is 34.5 Å². The third-order valence-electron chi connectivity index (χ3n) is 7.07. The summed E-state index contributed by atoms with van der Waals surface area (Å²) in [5.41, 5.74) is -2.66. The number of aliphatic hydroxyl groups is 1. The molecule has 4 aliphatic carbocycles. The Hall–Kier alpha value is -2.50. The fourth-order valence-electron chi connectivity index (χ4n) is 5.36. The van der Waals surface area contributed by atoms with E-state index in [9.17, 15) is 24.3 Å². The Labute approximate surface area is 163 Å². The predicted molar refractivity (Wildman–Crippen MR) is 99.1 cm³/mol. The van der Waals surface area contributed by atoms with Gasteiger partial charge in [0.15, 0.2) is 23.4 Å². The molecular formula is C22H24O6. The third-order valence-corrected chi connectivity index (χ3v) is 7.07. The fraction of sp³-hybridized carbons (Fsp3) is 0.545. The summed E-state index contributed by atoms with van der Waals surface area (Å²) < 4.78 is 5.38. The zero-order chi connectivity index (χ0) is 20.8. The first-order valence-electron chi connectivity index (χ1n) is 9.57. The van der Waals surface area contributed by atoms with Gasteiger partial charge in [-0.3, -0.25) is 19.2 Å². The van der Waals surface area contributed by atoms with Crippen molar-refractivity contribution in [3.63, 3.8) is 0 Å². The van der Waals surface area contributed by atoms with Crippen LogP contribution in [0.15, 0.2) is 34.6 Å². The Balaban J connectivity index is 2.01. The lowest BCUT2D eigenvalue weighted by molar-refractivity contribution is -0.166. The fourth-order valence-corrected chi connectivity index (χ4v) is 5.36. The van der Waals surface area contributed by atoms with Crippen LogP contribution >= 0.6 is 0 Å². The van der Waals surface area contributed by atoms with Crippen LogP contribution in [0.1, 0.15) is 47.5 Å². The zero-order valence-corrected chi connectivity index (χ0v) is 16.7. The Bertz CT molecular complexity index is 962. The van der Waals surface area contributed by atoms with E-state index in [2.05, 4.69) is 0 Å². The van der Waals surface area contributed by atoms with Crippen molar-refractivity contribution in [1.29, 1.82) is 0 Å². The number of Topliss-reactive ketones (excluding diaryl/α,β-unsaturated/α-hetero) is 3. The van der Waals surface area contributed by atoms with Crippen LogP contribution in [0.2, 0.25) is 0 Å². The first-order chi connectivity index (χ1) is 12.9. The van der Waals surface area contributed by atoms with E-state index >= 15 is 0 Å². The summed E-state index contributed by atoms with van der Waals surface area (Å²) in [5, 5.41) is 10.8. The van der Waals surface area contributed by atoms with Gasteiger partial charge in [0.2, 0.25) is 5.78 Å². The molecule has 0 aromatic heterocycles. The Kier molecular flexibility index (Phi) is 3.57. The van der Waals surface area contributed by atoms with Gasteiger partial charge in [-0.1, -0.05) is 32.9 Å². The average molecular weight is 384 g/mol. The summed E-state index contributed by atoms with van der Waals surface area (Å²) in [6, 6.07) is 0. The molecule has 0 aromatic rings. The highest BCUT2D eigenvalue weighted by Crippen LogP contribution is 2.66. The van der Waals surface area contributed by atoms with Crippen LogP contribution in [0, 0.1) is 22.2 Å². The van der Waals surface area contributed by atoms with Gasteiger partial charge in [-0.15, -0.1) is 0 Å². The van der Waals surface area contributed by atoms with Gasteiger partial charge in [-0.25, -0.2) is 0 Å². The highest BCUT2D eigenvalue weighted by molar-refractivity contribution is 6.25. The molecule has 6 heteroatoms. The normalized spacial score (nSPS) is 38.5. The van der Waals surface area contributed by atoms with Crippen LogP contribution < -0.4 is 0 Å². The molecule has 1 N–H and O–H groups in total. The monoisotopic (exact) mass is 384 g/mol. The maximum Gasteiger partial charge on any atom is 0.303 e. The molecule has 0 bridgehead atoms. The molecule has 1 spiro atoms. The summed E-state index contributed by atoms with van der Waals surface area (Å²) in [6.07, 6.45) is 3.32. The van der Waals surface area contributed by atoms with Crippen LogP contribution in [0.4, 0.5) is 0 Å². The zero-order valence-electron chi connectivity index (χ0n) is 16.7. The molecule has 148 valence electrons. The van der Waals surface area contributed by atoms with Crippen LogP contribution in [0.5, 0.6) is 0 Å². The maximum atomic E-state index is 13.7. The largest absolute Gasteiger partial charge is 0.504 e. The van der Waals surface area contributed by atoms with Crippen LogP contribution in [-0.2, 0) is 23.9 Å². The molecule has 1 unspecified atom stereocenters. The lowest BCUT2D eigenvalue weighted by Crippen LogP contribution is -2.58. The average Bonchev–Trinajstić information content (AvgIpc) is 3.26. The predicted octanol–water partition coefficient (Wildman–Crippen LogP) is 2.78. The number of carbonyl (C=O) groups is 4. The quantitative estimate of drug-likeness (QED) is 0.698. The molecule has 2 fully saturated rings. The highest BCUT2D eigenvalue weighted by atomic mass is 16.5. The first kappa shape index (κ1) is 18.8. The van der Waals surface area contributed by atoms with Gasteiger partial charge in [0.05, 0.1) is 16.4 Å². The van der Waals surface area contributed by atoms with E-state index in [-0.39, 0.29) is 11.5 Å². The number of hydrogen-bond donors (Lipinski definition) is 1. The van der Waals surface area contributed by atoms with Gasteiger partial charge in [-0.05, 0) is 36.7 Å². The van der Waals surface area contributed by atoms with E-state index in [0.717, 1.165) is 0 Å². The van der Waals surface area contributed by atoms with Crippen molar-refractivity contribution >= 4 is 23.3 Å². The number of esters is 1. The summed E-state index contributed by atoms with van der Waals surface area (Å²) >= 11 is 0. The third kappa shape index (κ3) is 1.98. The van der Waals surface area contributed by atoms with Gasteiger partial charge in [0.1, 0.15) is 0 Å². The Morgan fingerprint density at radius 3 is 2.32 bits per heavy atom. The van der Waals surface area contributed by atoms with E-state index in [4.69, 9.17) is 4.74 Å². The summed E-state index contributed by atoms with van der Waals surface area (Å²) in [7, 11) is 0. The van der Waals surface area contributed by atoms with E-state index in [1.54, 1.807) is 19.9 Å². The molecule has 0 radical (unpaired) electrons. The number of ether oxygens (including phenoxy) is 1. The molecule has 2 saturated carbocycles. The topological polar surface area (TPSA) is 97.7 Å². The number of hydrogen-bond acceptors (Lipinski definition) is 6. The Morgan fingerprint density at radius 1 is 1.18 bits per heavy atom. The van der Waals surface area contributed by atoms with Crippen molar-refractivity contribution in [3.05, 3.63) is 34.6 Å². The van der Waals surface area contributed by atoms with Crippen molar-refractivity contribution in [2.75, 3.05) is 0 Å². The van der Waals surface area contributed by atoms with E-state index < -0.39 is 51.4 Å². The van der Waals surface area contributed by atoms with E-state index in [1.807, 2.05) is 19.9 Å². The summed E-state index contributed by atoms with van der Waals surface area (Å²) in [5.74, 6) is -2.94. The number of allylic oxidation sites excluding steroid dienone is 5. The van der Waals surface area contributed by atoms with Crippen molar-refractivity contribution < 1.29 is 29.0 Å². The van der Waals surface area contributed by atoms with E-state index in [0.29, 0.717) is 24.0 Å². The second-order valence-corrected chi connectivity index (χ2v) is 9.29. The van der Waals surface area contributed by atoms with Gasteiger partial charge in [0.25, 0.3) is 0 Å². The van der Waals surface area contributed by atoms with E-state index in [1.165, 1.54) is 6.92 Å². The number of fused-ring (bicyclic) bond motifs is 2. The molecule has 6 nitrogen and oxygen atoms in total. The van der Waals surface area contributed by atoms with Crippen molar-refractivity contribution in [3.8, 4) is 0 Å². The molecule has 0 aliphatic heterocycles. The second-order valence-electron chi connectivity index (χ2n) is 9.29. The Morgan fingerprint density at radius 2 is 1.79 bits per heavy atom. The van der Waals surface area contributed by atoms with Gasteiger partial charge >= 0.3 is 5.97 Å². The first-order valence-corrected chi connectivity index (χ1v) is 9.57. The highest BCUT2D eigenvalue weighted by Gasteiger charge is 2.74. The SMILES string of the molecule is CC(=O)O[C@H]1C(=O)[C@@]2(C)C3=C(C(=O)C(O)=C2C(=O)[C@]12CC2C)C(C)(C)CC=C3.